The number of piperazine rings is 1. The third kappa shape index (κ3) is 5.42. The highest BCUT2D eigenvalue weighted by Crippen LogP contribution is 2.19. The fourth-order valence-electron chi connectivity index (χ4n) is 3.79. The van der Waals surface area contributed by atoms with E-state index in [-0.39, 0.29) is 17.8 Å². The van der Waals surface area contributed by atoms with Crippen molar-refractivity contribution in [3.63, 3.8) is 0 Å². The van der Waals surface area contributed by atoms with E-state index in [1.165, 1.54) is 0 Å². The number of piperidine rings is 1. The number of esters is 1. The van der Waals surface area contributed by atoms with Crippen LogP contribution in [0.2, 0.25) is 0 Å². The molecule has 148 valence electrons. The summed E-state index contributed by atoms with van der Waals surface area (Å²) in [5.41, 5.74) is 0. The number of pyridine rings is 1. The second-order valence-electron chi connectivity index (χ2n) is 7.17. The summed E-state index contributed by atoms with van der Waals surface area (Å²) in [4.78, 5) is 35.2. The molecule has 1 aromatic heterocycles. The smallest absolute Gasteiger partial charge is 0.309 e. The number of likely N-dealkylation sites (tertiary alicyclic amines) is 1. The van der Waals surface area contributed by atoms with Gasteiger partial charge in [0.1, 0.15) is 5.82 Å². The van der Waals surface area contributed by atoms with E-state index in [1.807, 2.05) is 30.0 Å². The molecule has 0 saturated carbocycles. The van der Waals surface area contributed by atoms with E-state index < -0.39 is 0 Å². The first-order valence-corrected chi connectivity index (χ1v) is 10.00. The maximum atomic E-state index is 12.5. The summed E-state index contributed by atoms with van der Waals surface area (Å²) >= 11 is 0. The molecule has 1 amide bonds. The Morgan fingerprint density at radius 1 is 1.11 bits per heavy atom. The molecule has 0 spiro atoms. The molecule has 1 aromatic rings. The van der Waals surface area contributed by atoms with Crippen LogP contribution in [0, 0.1) is 5.92 Å². The van der Waals surface area contributed by atoms with E-state index >= 15 is 0 Å². The van der Waals surface area contributed by atoms with Gasteiger partial charge in [-0.1, -0.05) is 6.07 Å². The Balaban J connectivity index is 1.35. The molecular weight excluding hydrogens is 344 g/mol. The van der Waals surface area contributed by atoms with Crippen molar-refractivity contribution < 1.29 is 14.3 Å². The van der Waals surface area contributed by atoms with Crippen molar-refractivity contribution in [3.8, 4) is 0 Å². The topological polar surface area (TPSA) is 66.0 Å². The lowest BCUT2D eigenvalue weighted by atomic mass is 9.97. The van der Waals surface area contributed by atoms with Crippen LogP contribution in [0.4, 0.5) is 5.82 Å². The average molecular weight is 374 g/mol. The van der Waals surface area contributed by atoms with Crippen LogP contribution >= 0.6 is 0 Å². The number of aromatic nitrogens is 1. The molecule has 2 aliphatic rings. The van der Waals surface area contributed by atoms with Gasteiger partial charge < -0.3 is 19.4 Å². The largest absolute Gasteiger partial charge is 0.466 e. The first kappa shape index (κ1) is 19.6. The standard InChI is InChI=1S/C20H30N4O3/c1-2-27-20(26)17-6-10-22(11-7-17)12-8-19(25)24-15-13-23(14-16-24)18-5-3-4-9-21-18/h3-5,9,17H,2,6-8,10-16H2,1H3. The van der Waals surface area contributed by atoms with Crippen molar-refractivity contribution in [2.24, 2.45) is 5.92 Å². The highest BCUT2D eigenvalue weighted by molar-refractivity contribution is 5.76. The minimum absolute atomic E-state index is 0.0246. The van der Waals surface area contributed by atoms with Gasteiger partial charge in [-0.25, -0.2) is 4.98 Å². The lowest BCUT2D eigenvalue weighted by Gasteiger charge is -2.36. The number of hydrogen-bond acceptors (Lipinski definition) is 6. The number of hydrogen-bond donors (Lipinski definition) is 0. The molecule has 7 nitrogen and oxygen atoms in total. The Morgan fingerprint density at radius 3 is 2.48 bits per heavy atom. The van der Waals surface area contributed by atoms with Gasteiger partial charge in [-0.05, 0) is 45.0 Å². The molecule has 0 radical (unpaired) electrons. The molecule has 27 heavy (non-hydrogen) atoms. The first-order valence-electron chi connectivity index (χ1n) is 10.00. The van der Waals surface area contributed by atoms with E-state index in [4.69, 9.17) is 4.74 Å². The normalized spacial score (nSPS) is 19.1. The van der Waals surface area contributed by atoms with Gasteiger partial charge in [-0.15, -0.1) is 0 Å². The second kappa shape index (κ2) is 9.69. The minimum Gasteiger partial charge on any atom is -0.466 e. The van der Waals surface area contributed by atoms with E-state index in [9.17, 15) is 9.59 Å². The highest BCUT2D eigenvalue weighted by atomic mass is 16.5. The zero-order valence-corrected chi connectivity index (χ0v) is 16.2. The molecular formula is C20H30N4O3. The van der Waals surface area contributed by atoms with Crippen LogP contribution in [0.15, 0.2) is 24.4 Å². The molecule has 0 aromatic carbocycles. The predicted molar refractivity (Wildman–Crippen MR) is 103 cm³/mol. The number of anilines is 1. The molecule has 3 rings (SSSR count). The van der Waals surface area contributed by atoms with Gasteiger partial charge >= 0.3 is 5.97 Å². The molecule has 0 aliphatic carbocycles. The molecule has 2 saturated heterocycles. The minimum atomic E-state index is -0.0704. The lowest BCUT2D eigenvalue weighted by molar-refractivity contribution is -0.149. The Morgan fingerprint density at radius 2 is 1.85 bits per heavy atom. The van der Waals surface area contributed by atoms with E-state index in [0.29, 0.717) is 13.0 Å². The molecule has 0 N–H and O–H groups in total. The first-order chi connectivity index (χ1) is 13.2. The maximum absolute atomic E-state index is 12.5. The summed E-state index contributed by atoms with van der Waals surface area (Å²) < 4.78 is 5.11. The van der Waals surface area contributed by atoms with Gasteiger partial charge in [0.05, 0.1) is 12.5 Å². The van der Waals surface area contributed by atoms with Crippen LogP contribution in [0.3, 0.4) is 0 Å². The Bertz CT molecular complexity index is 609. The van der Waals surface area contributed by atoms with E-state index in [0.717, 1.165) is 64.5 Å². The molecule has 2 aliphatic heterocycles. The van der Waals surface area contributed by atoms with Crippen molar-refractivity contribution in [1.82, 2.24) is 14.8 Å². The quantitative estimate of drug-likeness (QED) is 0.701. The van der Waals surface area contributed by atoms with Gasteiger partial charge in [-0.3, -0.25) is 9.59 Å². The van der Waals surface area contributed by atoms with Crippen molar-refractivity contribution in [2.75, 3.05) is 57.3 Å². The van der Waals surface area contributed by atoms with Crippen LogP contribution in [-0.4, -0.2) is 79.1 Å². The van der Waals surface area contributed by atoms with E-state index in [1.54, 1.807) is 6.20 Å². The zero-order chi connectivity index (χ0) is 19.1. The van der Waals surface area contributed by atoms with Crippen LogP contribution in [0.5, 0.6) is 0 Å². The molecule has 0 unspecified atom stereocenters. The molecule has 0 atom stereocenters. The molecule has 0 bridgehead atoms. The Labute approximate surface area is 161 Å². The Hall–Kier alpha value is -2.15. The van der Waals surface area contributed by atoms with Crippen molar-refractivity contribution in [2.45, 2.75) is 26.2 Å². The van der Waals surface area contributed by atoms with Gasteiger partial charge in [0, 0.05) is 45.3 Å². The number of amides is 1. The number of nitrogens with zero attached hydrogens (tertiary/aromatic N) is 4. The molecule has 2 fully saturated rings. The summed E-state index contributed by atoms with van der Waals surface area (Å²) in [6, 6.07) is 5.92. The average Bonchev–Trinajstić information content (AvgIpc) is 2.73. The molecule has 3 heterocycles. The van der Waals surface area contributed by atoms with Crippen LogP contribution < -0.4 is 4.90 Å². The van der Waals surface area contributed by atoms with Gasteiger partial charge in [0.2, 0.25) is 5.91 Å². The van der Waals surface area contributed by atoms with Crippen LogP contribution in [0.1, 0.15) is 26.2 Å². The number of carbonyl (C=O) groups excluding carboxylic acids is 2. The summed E-state index contributed by atoms with van der Waals surface area (Å²) in [6.45, 7) is 7.95. The monoisotopic (exact) mass is 374 g/mol. The fraction of sp³-hybridized carbons (Fsp3) is 0.650. The number of rotatable bonds is 6. The number of ether oxygens (including phenoxy) is 1. The fourth-order valence-corrected chi connectivity index (χ4v) is 3.79. The highest BCUT2D eigenvalue weighted by Gasteiger charge is 2.27. The number of carbonyl (C=O) groups is 2. The Kier molecular flexibility index (Phi) is 7.04. The van der Waals surface area contributed by atoms with Crippen molar-refractivity contribution in [3.05, 3.63) is 24.4 Å². The maximum Gasteiger partial charge on any atom is 0.309 e. The van der Waals surface area contributed by atoms with Gasteiger partial charge in [-0.2, -0.15) is 0 Å². The van der Waals surface area contributed by atoms with Crippen LogP contribution in [-0.2, 0) is 14.3 Å². The van der Waals surface area contributed by atoms with Gasteiger partial charge in [0.15, 0.2) is 0 Å². The second-order valence-corrected chi connectivity index (χ2v) is 7.17. The third-order valence-corrected chi connectivity index (χ3v) is 5.46. The summed E-state index contributed by atoms with van der Waals surface area (Å²) in [5, 5.41) is 0. The lowest BCUT2D eigenvalue weighted by Crippen LogP contribution is -2.49. The van der Waals surface area contributed by atoms with Crippen molar-refractivity contribution in [1.29, 1.82) is 0 Å². The van der Waals surface area contributed by atoms with Gasteiger partial charge in [0.25, 0.3) is 0 Å². The summed E-state index contributed by atoms with van der Waals surface area (Å²) in [7, 11) is 0. The van der Waals surface area contributed by atoms with Crippen molar-refractivity contribution >= 4 is 17.7 Å². The van der Waals surface area contributed by atoms with E-state index in [2.05, 4.69) is 14.8 Å². The summed E-state index contributed by atoms with van der Waals surface area (Å²) in [5.74, 6) is 1.16. The van der Waals surface area contributed by atoms with Crippen LogP contribution in [0.25, 0.3) is 0 Å². The third-order valence-electron chi connectivity index (χ3n) is 5.46. The predicted octanol–water partition coefficient (Wildman–Crippen LogP) is 1.40. The summed E-state index contributed by atoms with van der Waals surface area (Å²) in [6.07, 6.45) is 4.01. The SMILES string of the molecule is CCOC(=O)C1CCN(CCC(=O)N2CCN(c3ccccn3)CC2)CC1. The molecule has 7 heteroatoms. The zero-order valence-electron chi connectivity index (χ0n) is 16.2.